The Labute approximate surface area is 118 Å². The Kier molecular flexibility index (Phi) is 8.38. The fraction of sp³-hybridized carbons (Fsp3) is 1.00. The zero-order chi connectivity index (χ0) is 12.9. The van der Waals surface area contributed by atoms with Crippen molar-refractivity contribution in [3.05, 3.63) is 0 Å². The van der Waals surface area contributed by atoms with Gasteiger partial charge in [0.1, 0.15) is 0 Å². The van der Waals surface area contributed by atoms with Gasteiger partial charge in [0.15, 0.2) is 0 Å². The normalized spacial score (nSPS) is 21.2. The zero-order valence-corrected chi connectivity index (χ0v) is 13.2. The van der Waals surface area contributed by atoms with Gasteiger partial charge in [-0.2, -0.15) is 17.0 Å². The van der Waals surface area contributed by atoms with E-state index >= 15 is 0 Å². The molecule has 1 atom stereocenters. The summed E-state index contributed by atoms with van der Waals surface area (Å²) in [6, 6.07) is 0. The van der Waals surface area contributed by atoms with Crippen molar-refractivity contribution in [1.82, 2.24) is 13.9 Å². The molecule has 0 radical (unpaired) electrons. The highest BCUT2D eigenvalue weighted by Gasteiger charge is 2.33. The lowest BCUT2D eigenvalue weighted by Crippen LogP contribution is -2.41. The predicted octanol–water partition coefficient (Wildman–Crippen LogP) is 0.926. The average molecular weight is 300 g/mol. The van der Waals surface area contributed by atoms with Crippen molar-refractivity contribution in [2.75, 3.05) is 40.3 Å². The minimum absolute atomic E-state index is 0. The minimum Gasteiger partial charge on any atom is -0.319 e. The fourth-order valence-electron chi connectivity index (χ4n) is 2.16. The first-order valence-electron chi connectivity index (χ1n) is 6.38. The van der Waals surface area contributed by atoms with E-state index in [2.05, 4.69) is 12.2 Å². The molecule has 1 rings (SSSR count). The van der Waals surface area contributed by atoms with Crippen LogP contribution in [0.4, 0.5) is 0 Å². The summed E-state index contributed by atoms with van der Waals surface area (Å²) >= 11 is 0. The second-order valence-corrected chi connectivity index (χ2v) is 6.79. The molecule has 1 N–H and O–H groups in total. The van der Waals surface area contributed by atoms with Gasteiger partial charge in [-0.15, -0.1) is 12.4 Å². The lowest BCUT2D eigenvalue weighted by Gasteiger charge is -2.24. The van der Waals surface area contributed by atoms with Crippen LogP contribution < -0.4 is 5.32 Å². The van der Waals surface area contributed by atoms with Crippen LogP contribution in [0.15, 0.2) is 0 Å². The van der Waals surface area contributed by atoms with Gasteiger partial charge in [0, 0.05) is 26.7 Å². The van der Waals surface area contributed by atoms with E-state index < -0.39 is 10.2 Å². The van der Waals surface area contributed by atoms with Crippen molar-refractivity contribution in [2.24, 2.45) is 5.92 Å². The van der Waals surface area contributed by atoms with Crippen LogP contribution in [0.25, 0.3) is 0 Å². The van der Waals surface area contributed by atoms with Gasteiger partial charge in [0.25, 0.3) is 10.2 Å². The minimum atomic E-state index is -3.22. The van der Waals surface area contributed by atoms with Gasteiger partial charge in [-0.3, -0.25) is 0 Å². The van der Waals surface area contributed by atoms with Crippen molar-refractivity contribution in [3.63, 3.8) is 0 Å². The van der Waals surface area contributed by atoms with Crippen molar-refractivity contribution >= 4 is 22.6 Å². The Morgan fingerprint density at radius 3 is 2.67 bits per heavy atom. The van der Waals surface area contributed by atoms with Crippen LogP contribution in [0, 0.1) is 5.92 Å². The van der Waals surface area contributed by atoms with Crippen LogP contribution in [-0.4, -0.2) is 57.3 Å². The summed E-state index contributed by atoms with van der Waals surface area (Å²) in [5, 5.41) is 3.11. The third-order valence-electron chi connectivity index (χ3n) is 3.29. The lowest BCUT2D eigenvalue weighted by molar-refractivity contribution is 0.382. The summed E-state index contributed by atoms with van der Waals surface area (Å²) in [5.74, 6) is 0.453. The van der Waals surface area contributed by atoms with E-state index in [1.807, 2.05) is 7.05 Å². The molecule has 1 aliphatic heterocycles. The van der Waals surface area contributed by atoms with Crippen LogP contribution in [0.5, 0.6) is 0 Å². The Bertz CT molecular complexity index is 324. The molecule has 1 heterocycles. The van der Waals surface area contributed by atoms with Crippen LogP contribution >= 0.6 is 12.4 Å². The molecule has 18 heavy (non-hydrogen) atoms. The van der Waals surface area contributed by atoms with E-state index in [1.165, 1.54) is 4.31 Å². The van der Waals surface area contributed by atoms with Gasteiger partial charge < -0.3 is 5.32 Å². The summed E-state index contributed by atoms with van der Waals surface area (Å²) in [6.07, 6.45) is 2.90. The Morgan fingerprint density at radius 1 is 1.44 bits per heavy atom. The Balaban J connectivity index is 0.00000289. The number of halogens is 1. The molecule has 7 heteroatoms. The first-order chi connectivity index (χ1) is 8.02. The second kappa shape index (κ2) is 8.32. The van der Waals surface area contributed by atoms with Crippen LogP contribution in [0.1, 0.15) is 26.2 Å². The molecule has 0 saturated carbocycles. The third kappa shape index (κ3) is 4.66. The molecule has 0 aromatic heterocycles. The average Bonchev–Trinajstić information content (AvgIpc) is 2.75. The largest absolute Gasteiger partial charge is 0.319 e. The SMILES string of the molecule is CCCCN(C)S(=O)(=O)N1CCC(CNC)C1.Cl. The summed E-state index contributed by atoms with van der Waals surface area (Å²) < 4.78 is 27.5. The Morgan fingerprint density at radius 2 is 2.11 bits per heavy atom. The van der Waals surface area contributed by atoms with Gasteiger partial charge in [0.05, 0.1) is 0 Å². The predicted molar refractivity (Wildman–Crippen MR) is 77.3 cm³/mol. The first-order valence-corrected chi connectivity index (χ1v) is 7.78. The van der Waals surface area contributed by atoms with Crippen molar-refractivity contribution in [2.45, 2.75) is 26.2 Å². The highest BCUT2D eigenvalue weighted by Crippen LogP contribution is 2.20. The van der Waals surface area contributed by atoms with Gasteiger partial charge in [0.2, 0.25) is 0 Å². The zero-order valence-electron chi connectivity index (χ0n) is 11.6. The highest BCUT2D eigenvalue weighted by molar-refractivity contribution is 7.86. The van der Waals surface area contributed by atoms with Crippen molar-refractivity contribution in [1.29, 1.82) is 0 Å². The summed E-state index contributed by atoms with van der Waals surface area (Å²) in [7, 11) is 0.361. The number of nitrogens with one attached hydrogen (secondary N) is 1. The summed E-state index contributed by atoms with van der Waals surface area (Å²) in [5.41, 5.74) is 0. The van der Waals surface area contributed by atoms with E-state index in [1.54, 1.807) is 11.4 Å². The topological polar surface area (TPSA) is 52.7 Å². The quantitative estimate of drug-likeness (QED) is 0.761. The maximum Gasteiger partial charge on any atom is 0.281 e. The van der Waals surface area contributed by atoms with Crippen molar-refractivity contribution < 1.29 is 8.42 Å². The molecule has 1 fully saturated rings. The molecule has 0 aromatic rings. The number of hydrogen-bond acceptors (Lipinski definition) is 3. The smallest absolute Gasteiger partial charge is 0.281 e. The molecule has 1 unspecified atom stereocenters. The molecule has 1 saturated heterocycles. The van der Waals surface area contributed by atoms with E-state index in [0.717, 1.165) is 25.8 Å². The standard InChI is InChI=1S/C11H25N3O2S.ClH/c1-4-5-7-13(3)17(15,16)14-8-6-11(10-14)9-12-2;/h11-12H,4-10H2,1-3H3;1H. The maximum atomic E-state index is 12.2. The molecule has 0 bridgehead atoms. The molecular weight excluding hydrogens is 274 g/mol. The molecule has 0 spiro atoms. The van der Waals surface area contributed by atoms with Crippen LogP contribution in [0.2, 0.25) is 0 Å². The van der Waals surface area contributed by atoms with Crippen LogP contribution in [0.3, 0.4) is 0 Å². The maximum absolute atomic E-state index is 12.2. The van der Waals surface area contributed by atoms with Gasteiger partial charge in [-0.05, 0) is 32.4 Å². The second-order valence-electron chi connectivity index (χ2n) is 4.75. The number of hydrogen-bond donors (Lipinski definition) is 1. The number of unbranched alkanes of at least 4 members (excludes halogenated alkanes) is 1. The van der Waals surface area contributed by atoms with E-state index in [0.29, 0.717) is 25.6 Å². The third-order valence-corrected chi connectivity index (χ3v) is 5.24. The van der Waals surface area contributed by atoms with Crippen molar-refractivity contribution in [3.8, 4) is 0 Å². The number of rotatable bonds is 7. The Hall–Kier alpha value is 0.120. The first kappa shape index (κ1) is 18.1. The summed E-state index contributed by atoms with van der Waals surface area (Å²) in [6.45, 7) is 4.89. The van der Waals surface area contributed by atoms with E-state index in [9.17, 15) is 8.42 Å². The molecule has 5 nitrogen and oxygen atoms in total. The van der Waals surface area contributed by atoms with E-state index in [-0.39, 0.29) is 12.4 Å². The van der Waals surface area contributed by atoms with Gasteiger partial charge in [-0.1, -0.05) is 13.3 Å². The molecule has 0 amide bonds. The molecule has 0 aromatic carbocycles. The molecule has 0 aliphatic carbocycles. The monoisotopic (exact) mass is 299 g/mol. The lowest BCUT2D eigenvalue weighted by atomic mass is 10.1. The van der Waals surface area contributed by atoms with Crippen LogP contribution in [-0.2, 0) is 10.2 Å². The van der Waals surface area contributed by atoms with Gasteiger partial charge in [-0.25, -0.2) is 0 Å². The fourth-order valence-corrected chi connectivity index (χ4v) is 3.64. The van der Waals surface area contributed by atoms with Gasteiger partial charge >= 0.3 is 0 Å². The summed E-state index contributed by atoms with van der Waals surface area (Å²) in [4.78, 5) is 0. The number of nitrogens with zero attached hydrogens (tertiary/aromatic N) is 2. The molecule has 1 aliphatic rings. The molecular formula is C11H26ClN3O2S. The van der Waals surface area contributed by atoms with E-state index in [4.69, 9.17) is 0 Å². The highest BCUT2D eigenvalue weighted by atomic mass is 35.5. The molecule has 110 valence electrons.